The molecule has 3 rings (SSSR count). The predicted octanol–water partition coefficient (Wildman–Crippen LogP) is 2.67. The van der Waals surface area contributed by atoms with Crippen molar-refractivity contribution in [2.24, 2.45) is 11.8 Å². The van der Waals surface area contributed by atoms with Gasteiger partial charge in [-0.25, -0.2) is 0 Å². The summed E-state index contributed by atoms with van der Waals surface area (Å²) >= 11 is 0. The standard InChI is InChI=1S/C14H20F3N3O/c15-14(16,17)11-4-2-10(3-5-11)13-19-18-12-6-1-9(8-21)7-20(12)13/h9-11,21H,1-8H2. The van der Waals surface area contributed by atoms with Crippen molar-refractivity contribution in [1.82, 2.24) is 14.8 Å². The molecule has 4 nitrogen and oxygen atoms in total. The number of aliphatic hydroxyl groups is 1. The molecule has 1 aliphatic carbocycles. The average Bonchev–Trinajstić information content (AvgIpc) is 2.89. The maximum atomic E-state index is 12.7. The van der Waals surface area contributed by atoms with Crippen LogP contribution in [0.3, 0.4) is 0 Å². The van der Waals surface area contributed by atoms with E-state index in [-0.39, 0.29) is 31.3 Å². The van der Waals surface area contributed by atoms with Gasteiger partial charge in [0.2, 0.25) is 0 Å². The van der Waals surface area contributed by atoms with Crippen LogP contribution in [0.2, 0.25) is 0 Å². The van der Waals surface area contributed by atoms with E-state index < -0.39 is 12.1 Å². The van der Waals surface area contributed by atoms with E-state index in [9.17, 15) is 18.3 Å². The van der Waals surface area contributed by atoms with E-state index in [1.807, 2.05) is 4.57 Å². The van der Waals surface area contributed by atoms with Crippen LogP contribution >= 0.6 is 0 Å². The van der Waals surface area contributed by atoms with Crippen molar-refractivity contribution < 1.29 is 18.3 Å². The molecule has 1 aromatic heterocycles. The Kier molecular flexibility index (Phi) is 3.94. The minimum Gasteiger partial charge on any atom is -0.396 e. The number of aryl methyl sites for hydroxylation is 1. The fraction of sp³-hybridized carbons (Fsp3) is 0.857. The van der Waals surface area contributed by atoms with Crippen LogP contribution in [0.1, 0.15) is 49.7 Å². The number of aliphatic hydroxyl groups excluding tert-OH is 1. The summed E-state index contributed by atoms with van der Waals surface area (Å²) in [5.74, 6) is 0.847. The van der Waals surface area contributed by atoms with Crippen LogP contribution in [-0.4, -0.2) is 32.7 Å². The summed E-state index contributed by atoms with van der Waals surface area (Å²) in [5, 5.41) is 17.7. The molecular formula is C14H20F3N3O. The molecule has 1 fully saturated rings. The van der Waals surface area contributed by atoms with Crippen molar-refractivity contribution in [3.05, 3.63) is 11.6 Å². The van der Waals surface area contributed by atoms with E-state index in [0.717, 1.165) is 24.5 Å². The highest BCUT2D eigenvalue weighted by atomic mass is 19.4. The van der Waals surface area contributed by atoms with E-state index in [1.54, 1.807) is 0 Å². The SMILES string of the molecule is OCC1CCc2nnc(C3CCC(C(F)(F)F)CC3)n2C1. The second kappa shape index (κ2) is 5.59. The molecule has 1 aromatic rings. The van der Waals surface area contributed by atoms with Crippen LogP contribution < -0.4 is 0 Å². The fourth-order valence-corrected chi connectivity index (χ4v) is 3.55. The molecule has 1 saturated carbocycles. The predicted molar refractivity (Wildman–Crippen MR) is 69.7 cm³/mol. The number of rotatable bonds is 2. The van der Waals surface area contributed by atoms with Gasteiger partial charge in [-0.15, -0.1) is 10.2 Å². The van der Waals surface area contributed by atoms with Crippen molar-refractivity contribution in [1.29, 1.82) is 0 Å². The lowest BCUT2D eigenvalue weighted by atomic mass is 9.81. The number of hydrogen-bond donors (Lipinski definition) is 1. The van der Waals surface area contributed by atoms with Crippen LogP contribution in [0.25, 0.3) is 0 Å². The number of nitrogens with zero attached hydrogens (tertiary/aromatic N) is 3. The molecule has 118 valence electrons. The van der Waals surface area contributed by atoms with Gasteiger partial charge in [0.15, 0.2) is 0 Å². The highest BCUT2D eigenvalue weighted by molar-refractivity contribution is 5.06. The first-order valence-electron chi connectivity index (χ1n) is 7.58. The van der Waals surface area contributed by atoms with Gasteiger partial charge < -0.3 is 9.67 Å². The molecule has 0 saturated heterocycles. The first-order chi connectivity index (χ1) is 9.99. The zero-order valence-electron chi connectivity index (χ0n) is 11.8. The second-order valence-corrected chi connectivity index (χ2v) is 6.26. The minimum atomic E-state index is -4.07. The molecule has 2 aliphatic rings. The molecule has 0 spiro atoms. The van der Waals surface area contributed by atoms with Crippen LogP contribution in [0.5, 0.6) is 0 Å². The van der Waals surface area contributed by atoms with E-state index >= 15 is 0 Å². The van der Waals surface area contributed by atoms with E-state index in [0.29, 0.717) is 19.4 Å². The fourth-order valence-electron chi connectivity index (χ4n) is 3.55. The zero-order valence-corrected chi connectivity index (χ0v) is 11.8. The Morgan fingerprint density at radius 2 is 1.81 bits per heavy atom. The Morgan fingerprint density at radius 1 is 1.10 bits per heavy atom. The minimum absolute atomic E-state index is 0.0716. The maximum absolute atomic E-state index is 12.7. The third-order valence-electron chi connectivity index (χ3n) is 4.89. The van der Waals surface area contributed by atoms with Crippen molar-refractivity contribution in [3.8, 4) is 0 Å². The maximum Gasteiger partial charge on any atom is 0.391 e. The van der Waals surface area contributed by atoms with Crippen LogP contribution in [0.15, 0.2) is 0 Å². The Labute approximate surface area is 121 Å². The lowest BCUT2D eigenvalue weighted by Crippen LogP contribution is -2.29. The zero-order chi connectivity index (χ0) is 15.0. The number of aromatic nitrogens is 3. The van der Waals surface area contributed by atoms with Gasteiger partial charge in [-0.1, -0.05) is 0 Å². The van der Waals surface area contributed by atoms with Gasteiger partial charge in [-0.3, -0.25) is 0 Å². The lowest BCUT2D eigenvalue weighted by Gasteiger charge is -2.30. The monoisotopic (exact) mass is 303 g/mol. The Bertz CT molecular complexity index is 492. The molecule has 7 heteroatoms. The van der Waals surface area contributed by atoms with E-state index in [1.165, 1.54) is 0 Å². The average molecular weight is 303 g/mol. The highest BCUT2D eigenvalue weighted by Gasteiger charge is 2.42. The normalized spacial score (nSPS) is 30.2. The number of hydrogen-bond acceptors (Lipinski definition) is 3. The number of halogens is 3. The quantitative estimate of drug-likeness (QED) is 0.914. The first kappa shape index (κ1) is 14.8. The van der Waals surface area contributed by atoms with E-state index in [2.05, 4.69) is 10.2 Å². The van der Waals surface area contributed by atoms with Gasteiger partial charge in [-0.2, -0.15) is 13.2 Å². The summed E-state index contributed by atoms with van der Waals surface area (Å²) in [5.41, 5.74) is 0. The molecule has 1 unspecified atom stereocenters. The molecule has 2 heterocycles. The van der Waals surface area contributed by atoms with Crippen molar-refractivity contribution >= 4 is 0 Å². The molecule has 1 aliphatic heterocycles. The highest BCUT2D eigenvalue weighted by Crippen LogP contribution is 2.42. The van der Waals surface area contributed by atoms with Gasteiger partial charge in [0, 0.05) is 31.4 Å². The molecule has 21 heavy (non-hydrogen) atoms. The summed E-state index contributed by atoms with van der Waals surface area (Å²) < 4.78 is 40.2. The summed E-state index contributed by atoms with van der Waals surface area (Å²) in [7, 11) is 0. The number of alkyl halides is 3. The molecule has 1 N–H and O–H groups in total. The molecule has 0 amide bonds. The number of fused-ring (bicyclic) bond motifs is 1. The Balaban J connectivity index is 1.71. The van der Waals surface area contributed by atoms with Gasteiger partial charge >= 0.3 is 6.18 Å². The first-order valence-corrected chi connectivity index (χ1v) is 7.58. The van der Waals surface area contributed by atoms with Crippen molar-refractivity contribution in [3.63, 3.8) is 0 Å². The van der Waals surface area contributed by atoms with Crippen LogP contribution in [0, 0.1) is 11.8 Å². The molecule has 1 atom stereocenters. The second-order valence-electron chi connectivity index (χ2n) is 6.26. The Morgan fingerprint density at radius 3 is 2.43 bits per heavy atom. The van der Waals surface area contributed by atoms with E-state index in [4.69, 9.17) is 0 Å². The Hall–Kier alpha value is -1.11. The van der Waals surface area contributed by atoms with Crippen LogP contribution in [0.4, 0.5) is 13.2 Å². The van der Waals surface area contributed by atoms with Crippen molar-refractivity contribution in [2.45, 2.75) is 57.2 Å². The third-order valence-corrected chi connectivity index (χ3v) is 4.89. The van der Waals surface area contributed by atoms with Gasteiger partial charge in [0.25, 0.3) is 0 Å². The summed E-state index contributed by atoms with van der Waals surface area (Å²) in [4.78, 5) is 0. The molecule has 0 bridgehead atoms. The molecular weight excluding hydrogens is 283 g/mol. The summed E-state index contributed by atoms with van der Waals surface area (Å²) in [6.45, 7) is 0.825. The van der Waals surface area contributed by atoms with Gasteiger partial charge in [0.05, 0.1) is 5.92 Å². The topological polar surface area (TPSA) is 50.9 Å². The molecule has 0 aromatic carbocycles. The van der Waals surface area contributed by atoms with Gasteiger partial charge in [0.1, 0.15) is 11.6 Å². The largest absolute Gasteiger partial charge is 0.396 e. The third kappa shape index (κ3) is 2.93. The molecule has 0 radical (unpaired) electrons. The lowest BCUT2D eigenvalue weighted by molar-refractivity contribution is -0.182. The summed E-state index contributed by atoms with van der Waals surface area (Å²) in [6, 6.07) is 0. The summed E-state index contributed by atoms with van der Waals surface area (Å²) in [6.07, 6.45) is -0.986. The van der Waals surface area contributed by atoms with Gasteiger partial charge in [-0.05, 0) is 32.1 Å². The van der Waals surface area contributed by atoms with Crippen LogP contribution in [-0.2, 0) is 13.0 Å². The van der Waals surface area contributed by atoms with Crippen molar-refractivity contribution in [2.75, 3.05) is 6.61 Å². The smallest absolute Gasteiger partial charge is 0.391 e.